The lowest BCUT2D eigenvalue weighted by atomic mass is 9.97. The van der Waals surface area contributed by atoms with E-state index in [0.717, 1.165) is 42.4 Å². The van der Waals surface area contributed by atoms with Crippen molar-refractivity contribution >= 4 is 45.6 Å². The van der Waals surface area contributed by atoms with Gasteiger partial charge in [0.05, 0.1) is 23.8 Å². The van der Waals surface area contributed by atoms with Crippen molar-refractivity contribution in [2.75, 3.05) is 19.6 Å². The number of hydrogen-bond donors (Lipinski definition) is 1. The minimum Gasteiger partial charge on any atom is -0.337 e. The number of rotatable bonds is 4. The quantitative estimate of drug-likeness (QED) is 0.607. The van der Waals surface area contributed by atoms with Gasteiger partial charge in [0, 0.05) is 28.5 Å². The molecule has 2 aliphatic heterocycles. The molecule has 5 nitrogen and oxygen atoms in total. The normalized spacial score (nSPS) is 19.8. The van der Waals surface area contributed by atoms with Crippen LogP contribution < -0.4 is 5.32 Å². The van der Waals surface area contributed by atoms with Gasteiger partial charge in [-0.15, -0.1) is 0 Å². The number of hydrogen-bond acceptors (Lipinski definition) is 3. The highest BCUT2D eigenvalue weighted by molar-refractivity contribution is 6.35. The fraction of sp³-hybridized carbons (Fsp3) is 0.333. The van der Waals surface area contributed by atoms with E-state index < -0.39 is 0 Å². The van der Waals surface area contributed by atoms with Crippen LogP contribution in [0, 0.1) is 0 Å². The standard InChI is InChI=1S/C24H24Cl2N4O/c1-15(20-5-4-19(25)13-21(20)26)30-23-12-17(2-3-18(23)14-28-30)16-7-10-29(11-8-16)24(31)22-6-9-27-22/h2-5,7,12-15,22,27H,6,8-11H2,1H3/t15-,22?/m1/s1. The molecule has 0 spiro atoms. The van der Waals surface area contributed by atoms with Gasteiger partial charge in [-0.25, -0.2) is 0 Å². The van der Waals surface area contributed by atoms with E-state index in [1.165, 1.54) is 11.1 Å². The van der Waals surface area contributed by atoms with E-state index in [1.54, 1.807) is 6.07 Å². The zero-order chi connectivity index (χ0) is 21.5. The molecular formula is C24H24Cl2N4O. The molecule has 1 unspecified atom stereocenters. The molecule has 7 heteroatoms. The number of benzene rings is 2. The first-order valence-corrected chi connectivity index (χ1v) is 11.4. The minimum absolute atomic E-state index is 0.0156. The van der Waals surface area contributed by atoms with Gasteiger partial charge in [0.1, 0.15) is 0 Å². The Labute approximate surface area is 191 Å². The maximum absolute atomic E-state index is 12.5. The molecule has 3 heterocycles. The summed E-state index contributed by atoms with van der Waals surface area (Å²) in [5.74, 6) is 0.226. The van der Waals surface area contributed by atoms with Crippen LogP contribution in [0.3, 0.4) is 0 Å². The Kier molecular flexibility index (Phi) is 5.51. The summed E-state index contributed by atoms with van der Waals surface area (Å²) in [5.41, 5.74) is 4.50. The summed E-state index contributed by atoms with van der Waals surface area (Å²) in [6.45, 7) is 4.46. The van der Waals surface area contributed by atoms with Gasteiger partial charge in [-0.1, -0.05) is 47.5 Å². The van der Waals surface area contributed by atoms with Crippen LogP contribution in [-0.4, -0.2) is 46.3 Å². The molecule has 0 saturated carbocycles. The Morgan fingerprint density at radius 3 is 2.74 bits per heavy atom. The molecule has 31 heavy (non-hydrogen) atoms. The van der Waals surface area contributed by atoms with Crippen LogP contribution in [-0.2, 0) is 4.79 Å². The van der Waals surface area contributed by atoms with Gasteiger partial charge in [-0.2, -0.15) is 5.10 Å². The molecule has 1 N–H and O–H groups in total. The summed E-state index contributed by atoms with van der Waals surface area (Å²) in [6, 6.07) is 12.0. The molecule has 1 amide bonds. The van der Waals surface area contributed by atoms with Crippen LogP contribution in [0.4, 0.5) is 0 Å². The molecule has 1 fully saturated rings. The van der Waals surface area contributed by atoms with Crippen molar-refractivity contribution < 1.29 is 4.79 Å². The van der Waals surface area contributed by atoms with E-state index in [0.29, 0.717) is 16.6 Å². The van der Waals surface area contributed by atoms with Crippen molar-refractivity contribution in [2.24, 2.45) is 0 Å². The molecule has 0 bridgehead atoms. The third-order valence-electron chi connectivity index (χ3n) is 6.39. The third kappa shape index (κ3) is 3.86. The highest BCUT2D eigenvalue weighted by atomic mass is 35.5. The van der Waals surface area contributed by atoms with Gasteiger partial charge in [-0.05, 0) is 61.2 Å². The van der Waals surface area contributed by atoms with Crippen LogP contribution >= 0.6 is 23.2 Å². The van der Waals surface area contributed by atoms with Crippen molar-refractivity contribution in [3.05, 3.63) is 69.8 Å². The maximum atomic E-state index is 12.5. The smallest absolute Gasteiger partial charge is 0.240 e. The van der Waals surface area contributed by atoms with Gasteiger partial charge in [0.25, 0.3) is 0 Å². The second kappa shape index (κ2) is 8.30. The molecular weight excluding hydrogens is 431 g/mol. The molecule has 1 aromatic heterocycles. The summed E-state index contributed by atoms with van der Waals surface area (Å²) < 4.78 is 2.01. The molecule has 0 aliphatic carbocycles. The number of amides is 1. The Morgan fingerprint density at radius 2 is 2.06 bits per heavy atom. The fourth-order valence-corrected chi connectivity index (χ4v) is 4.94. The van der Waals surface area contributed by atoms with E-state index in [4.69, 9.17) is 23.2 Å². The monoisotopic (exact) mass is 454 g/mol. The van der Waals surface area contributed by atoms with Crippen molar-refractivity contribution in [3.63, 3.8) is 0 Å². The average Bonchev–Trinajstić information content (AvgIpc) is 3.15. The summed E-state index contributed by atoms with van der Waals surface area (Å²) >= 11 is 12.5. The average molecular weight is 455 g/mol. The number of nitrogens with one attached hydrogen (secondary N) is 1. The lowest BCUT2D eigenvalue weighted by Gasteiger charge is -2.34. The predicted octanol–water partition coefficient (Wildman–Crippen LogP) is 4.93. The summed E-state index contributed by atoms with van der Waals surface area (Å²) in [5, 5.41) is 10.2. The lowest BCUT2D eigenvalue weighted by molar-refractivity contribution is -0.134. The van der Waals surface area contributed by atoms with Crippen LogP contribution in [0.15, 0.2) is 48.7 Å². The Bertz CT molecular complexity index is 1180. The summed E-state index contributed by atoms with van der Waals surface area (Å²) in [6.07, 6.45) is 5.88. The Morgan fingerprint density at radius 1 is 1.23 bits per heavy atom. The largest absolute Gasteiger partial charge is 0.337 e. The van der Waals surface area contributed by atoms with Gasteiger partial charge >= 0.3 is 0 Å². The number of aromatic nitrogens is 2. The molecule has 1 saturated heterocycles. The first-order valence-electron chi connectivity index (χ1n) is 10.6. The molecule has 2 aliphatic rings. The predicted molar refractivity (Wildman–Crippen MR) is 126 cm³/mol. The number of fused-ring (bicyclic) bond motifs is 1. The molecule has 2 atom stereocenters. The lowest BCUT2D eigenvalue weighted by Crippen LogP contribution is -2.55. The third-order valence-corrected chi connectivity index (χ3v) is 6.95. The number of carbonyl (C=O) groups is 1. The first kappa shape index (κ1) is 20.6. The van der Waals surface area contributed by atoms with E-state index >= 15 is 0 Å². The Hall–Kier alpha value is -2.34. The van der Waals surface area contributed by atoms with E-state index in [1.807, 2.05) is 27.9 Å². The van der Waals surface area contributed by atoms with Crippen molar-refractivity contribution in [2.45, 2.75) is 31.8 Å². The SMILES string of the molecule is C[C@H](c1ccc(Cl)cc1Cl)n1ncc2ccc(C3=CCN(C(=O)C4CCN4)CC3)cc21. The van der Waals surface area contributed by atoms with E-state index in [9.17, 15) is 4.79 Å². The van der Waals surface area contributed by atoms with Gasteiger partial charge in [-0.3, -0.25) is 9.48 Å². The van der Waals surface area contributed by atoms with Gasteiger partial charge in [0.15, 0.2) is 0 Å². The number of nitrogens with zero attached hydrogens (tertiary/aromatic N) is 3. The molecule has 0 radical (unpaired) electrons. The van der Waals surface area contributed by atoms with Crippen molar-refractivity contribution in [1.82, 2.24) is 20.0 Å². The zero-order valence-corrected chi connectivity index (χ0v) is 18.8. The molecule has 3 aromatic rings. The highest BCUT2D eigenvalue weighted by Crippen LogP contribution is 2.32. The Balaban J connectivity index is 1.41. The summed E-state index contributed by atoms with van der Waals surface area (Å²) in [4.78, 5) is 14.4. The molecule has 2 aromatic carbocycles. The molecule has 160 valence electrons. The van der Waals surface area contributed by atoms with Crippen LogP contribution in [0.25, 0.3) is 16.5 Å². The summed E-state index contributed by atoms with van der Waals surface area (Å²) in [7, 11) is 0. The zero-order valence-electron chi connectivity index (χ0n) is 17.3. The highest BCUT2D eigenvalue weighted by Gasteiger charge is 2.29. The second-order valence-corrected chi connectivity index (χ2v) is 9.11. The van der Waals surface area contributed by atoms with Crippen LogP contribution in [0.2, 0.25) is 10.0 Å². The number of carbonyl (C=O) groups excluding carboxylic acids is 1. The van der Waals surface area contributed by atoms with Crippen LogP contribution in [0.5, 0.6) is 0 Å². The van der Waals surface area contributed by atoms with Crippen molar-refractivity contribution in [1.29, 1.82) is 0 Å². The maximum Gasteiger partial charge on any atom is 0.240 e. The fourth-order valence-electron chi connectivity index (χ4n) is 4.37. The molecule has 5 rings (SSSR count). The van der Waals surface area contributed by atoms with Crippen LogP contribution in [0.1, 0.15) is 36.9 Å². The second-order valence-electron chi connectivity index (χ2n) is 8.26. The van der Waals surface area contributed by atoms with Crippen molar-refractivity contribution in [3.8, 4) is 0 Å². The van der Waals surface area contributed by atoms with E-state index in [2.05, 4.69) is 41.6 Å². The van der Waals surface area contributed by atoms with E-state index in [-0.39, 0.29) is 18.0 Å². The van der Waals surface area contributed by atoms with Gasteiger partial charge < -0.3 is 10.2 Å². The first-order chi connectivity index (χ1) is 15.0. The van der Waals surface area contributed by atoms with Gasteiger partial charge in [0.2, 0.25) is 5.91 Å². The topological polar surface area (TPSA) is 50.2 Å². The minimum atomic E-state index is -0.0269. The number of halogens is 2.